The number of hydrogen-bond donors (Lipinski definition) is 0. The molecule has 0 aliphatic heterocycles. The van der Waals surface area contributed by atoms with Crippen LogP contribution in [0.1, 0.15) is 16.6 Å². The van der Waals surface area contributed by atoms with Gasteiger partial charge in [-0.25, -0.2) is 4.79 Å². The molecule has 2 aromatic heterocycles. The average Bonchev–Trinajstić information content (AvgIpc) is 2.61. The number of carbonyl (C=O) groups is 1. The minimum absolute atomic E-state index is 0.240. The summed E-state index contributed by atoms with van der Waals surface area (Å²) in [6.07, 6.45) is 3.70. The summed E-state index contributed by atoms with van der Waals surface area (Å²) in [5, 5.41) is 0. The molecule has 0 saturated heterocycles. The molecule has 0 radical (unpaired) electrons. The van der Waals surface area contributed by atoms with Gasteiger partial charge in [0.2, 0.25) is 0 Å². The number of ether oxygens (including phenoxy) is 1. The Balaban J connectivity index is 2.34. The second kappa shape index (κ2) is 3.22. The fourth-order valence-electron chi connectivity index (χ4n) is 1.13. The minimum Gasteiger partial charge on any atom is -0.462 e. The van der Waals surface area contributed by atoms with E-state index in [9.17, 15) is 4.79 Å². The molecule has 2 heterocycles. The minimum atomic E-state index is -0.240. The van der Waals surface area contributed by atoms with E-state index in [2.05, 4.69) is 0 Å². The highest BCUT2D eigenvalue weighted by atomic mass is 32.1. The zero-order valence-electron chi connectivity index (χ0n) is 7.19. The smallest absolute Gasteiger partial charge is 0.349 e. The molecule has 0 N–H and O–H groups in total. The third-order valence-corrected chi connectivity index (χ3v) is 2.74. The van der Waals surface area contributed by atoms with Crippen molar-refractivity contribution in [2.75, 3.05) is 6.61 Å². The number of nitrogens with zero attached hydrogens (tertiary/aromatic N) is 1. The normalized spacial score (nSPS) is 10.5. The van der Waals surface area contributed by atoms with Gasteiger partial charge in [-0.2, -0.15) is 0 Å². The van der Waals surface area contributed by atoms with Crippen LogP contribution in [0.5, 0.6) is 0 Å². The molecule has 0 atom stereocenters. The Morgan fingerprint density at radius 2 is 2.54 bits per heavy atom. The second-order valence-electron chi connectivity index (χ2n) is 2.57. The lowest BCUT2D eigenvalue weighted by Crippen LogP contribution is -2.01. The topological polar surface area (TPSA) is 30.7 Å². The van der Waals surface area contributed by atoms with E-state index in [0.29, 0.717) is 11.5 Å². The maximum atomic E-state index is 11.3. The van der Waals surface area contributed by atoms with E-state index in [0.717, 1.165) is 4.83 Å². The molecule has 13 heavy (non-hydrogen) atoms. The first-order valence-corrected chi connectivity index (χ1v) is 4.86. The Morgan fingerprint density at radius 3 is 3.23 bits per heavy atom. The number of esters is 1. The van der Waals surface area contributed by atoms with Gasteiger partial charge in [0.05, 0.1) is 11.4 Å². The first-order valence-electron chi connectivity index (χ1n) is 4.05. The van der Waals surface area contributed by atoms with Gasteiger partial charge >= 0.3 is 5.97 Å². The fourth-order valence-corrected chi connectivity index (χ4v) is 2.03. The number of hydrogen-bond acceptors (Lipinski definition) is 3. The molecule has 0 saturated carbocycles. The van der Waals surface area contributed by atoms with E-state index in [1.807, 2.05) is 22.7 Å². The Bertz CT molecular complexity index is 401. The van der Waals surface area contributed by atoms with Crippen molar-refractivity contribution >= 4 is 22.1 Å². The Labute approximate surface area is 79.6 Å². The standard InChI is InChI=1S/C9H9NO2S/c1-2-12-9(11)7-6-10-5-3-4-8(10)13-7/h3-6H,2H2,1H3. The summed E-state index contributed by atoms with van der Waals surface area (Å²) < 4.78 is 6.80. The second-order valence-corrected chi connectivity index (χ2v) is 3.63. The number of thiazole rings is 1. The molecule has 0 fully saturated rings. The first kappa shape index (κ1) is 8.31. The molecule has 2 aromatic rings. The van der Waals surface area contributed by atoms with E-state index in [1.54, 1.807) is 13.1 Å². The van der Waals surface area contributed by atoms with Gasteiger partial charge in [0, 0.05) is 12.4 Å². The Kier molecular flexibility index (Phi) is 2.06. The first-order chi connectivity index (χ1) is 6.31. The van der Waals surface area contributed by atoms with Gasteiger partial charge in [-0.05, 0) is 19.1 Å². The third kappa shape index (κ3) is 1.45. The SMILES string of the molecule is CCOC(=O)c1cn2cccc2s1. The van der Waals surface area contributed by atoms with Crippen LogP contribution in [0.2, 0.25) is 0 Å². The highest BCUT2D eigenvalue weighted by molar-refractivity contribution is 7.19. The van der Waals surface area contributed by atoms with Crippen LogP contribution in [-0.4, -0.2) is 17.0 Å². The zero-order chi connectivity index (χ0) is 9.26. The Hall–Kier alpha value is -1.29. The van der Waals surface area contributed by atoms with Crippen molar-refractivity contribution in [1.29, 1.82) is 0 Å². The summed E-state index contributed by atoms with van der Waals surface area (Å²) in [6.45, 7) is 2.23. The maximum Gasteiger partial charge on any atom is 0.349 e. The van der Waals surface area contributed by atoms with E-state index in [-0.39, 0.29) is 5.97 Å². The molecule has 0 bridgehead atoms. The van der Waals surface area contributed by atoms with Gasteiger partial charge in [0.1, 0.15) is 4.88 Å². The van der Waals surface area contributed by atoms with Gasteiger partial charge in [-0.1, -0.05) is 0 Å². The molecule has 0 aliphatic rings. The number of rotatable bonds is 2. The molecule has 0 unspecified atom stereocenters. The summed E-state index contributed by atoms with van der Waals surface area (Å²) >= 11 is 1.44. The molecule has 4 heteroatoms. The highest BCUT2D eigenvalue weighted by Gasteiger charge is 2.10. The van der Waals surface area contributed by atoms with Gasteiger partial charge < -0.3 is 9.14 Å². The fraction of sp³-hybridized carbons (Fsp3) is 0.222. The van der Waals surface area contributed by atoms with Crippen molar-refractivity contribution in [3.8, 4) is 0 Å². The summed E-state index contributed by atoms with van der Waals surface area (Å²) in [7, 11) is 0. The summed E-state index contributed by atoms with van der Waals surface area (Å²) in [5.41, 5.74) is 0. The molecule has 2 rings (SSSR count). The quantitative estimate of drug-likeness (QED) is 0.687. The van der Waals surface area contributed by atoms with Crippen LogP contribution < -0.4 is 0 Å². The molecule has 3 nitrogen and oxygen atoms in total. The van der Waals surface area contributed by atoms with E-state index in [4.69, 9.17) is 4.74 Å². The lowest BCUT2D eigenvalue weighted by Gasteiger charge is -1.95. The van der Waals surface area contributed by atoms with Crippen molar-refractivity contribution < 1.29 is 9.53 Å². The van der Waals surface area contributed by atoms with E-state index < -0.39 is 0 Å². The van der Waals surface area contributed by atoms with Crippen LogP contribution in [0.15, 0.2) is 24.5 Å². The molecule has 0 spiro atoms. The summed E-state index contributed by atoms with van der Waals surface area (Å²) in [6, 6.07) is 3.91. The van der Waals surface area contributed by atoms with Crippen molar-refractivity contribution in [3.63, 3.8) is 0 Å². The predicted molar refractivity (Wildman–Crippen MR) is 51.2 cm³/mol. The predicted octanol–water partition coefficient (Wildman–Crippen LogP) is 2.18. The Morgan fingerprint density at radius 1 is 1.69 bits per heavy atom. The van der Waals surface area contributed by atoms with Crippen molar-refractivity contribution in [1.82, 2.24) is 4.40 Å². The van der Waals surface area contributed by atoms with Crippen LogP contribution in [0, 0.1) is 0 Å². The summed E-state index contributed by atoms with van der Waals surface area (Å²) in [4.78, 5) is 13.0. The van der Waals surface area contributed by atoms with Crippen molar-refractivity contribution in [3.05, 3.63) is 29.4 Å². The zero-order valence-corrected chi connectivity index (χ0v) is 8.00. The van der Waals surface area contributed by atoms with Crippen LogP contribution in [0.25, 0.3) is 4.83 Å². The lowest BCUT2D eigenvalue weighted by atomic mass is 10.5. The summed E-state index contributed by atoms with van der Waals surface area (Å²) in [5.74, 6) is -0.240. The van der Waals surface area contributed by atoms with Crippen LogP contribution in [0.4, 0.5) is 0 Å². The molecular formula is C9H9NO2S. The maximum absolute atomic E-state index is 11.3. The molecule has 0 aromatic carbocycles. The third-order valence-electron chi connectivity index (χ3n) is 1.69. The van der Waals surface area contributed by atoms with Gasteiger partial charge in [0.15, 0.2) is 0 Å². The number of aromatic nitrogens is 1. The monoisotopic (exact) mass is 195 g/mol. The number of fused-ring (bicyclic) bond motifs is 1. The largest absolute Gasteiger partial charge is 0.462 e. The average molecular weight is 195 g/mol. The van der Waals surface area contributed by atoms with E-state index >= 15 is 0 Å². The molecule has 0 aliphatic carbocycles. The highest BCUT2D eigenvalue weighted by Crippen LogP contribution is 2.18. The van der Waals surface area contributed by atoms with Crippen LogP contribution >= 0.6 is 11.3 Å². The van der Waals surface area contributed by atoms with Crippen LogP contribution in [-0.2, 0) is 4.74 Å². The molecule has 0 amide bonds. The number of carbonyl (C=O) groups excluding carboxylic acids is 1. The molecule has 68 valence electrons. The lowest BCUT2D eigenvalue weighted by molar-refractivity contribution is 0.0531. The molecular weight excluding hydrogens is 186 g/mol. The van der Waals surface area contributed by atoms with E-state index in [1.165, 1.54) is 11.3 Å². The van der Waals surface area contributed by atoms with Crippen molar-refractivity contribution in [2.24, 2.45) is 0 Å². The van der Waals surface area contributed by atoms with Crippen LogP contribution in [0.3, 0.4) is 0 Å². The van der Waals surface area contributed by atoms with Crippen molar-refractivity contribution in [2.45, 2.75) is 6.92 Å². The van der Waals surface area contributed by atoms with Gasteiger partial charge in [-0.15, -0.1) is 11.3 Å². The van der Waals surface area contributed by atoms with Gasteiger partial charge in [0.25, 0.3) is 0 Å². The van der Waals surface area contributed by atoms with Gasteiger partial charge in [-0.3, -0.25) is 0 Å².